The van der Waals surface area contributed by atoms with Crippen LogP contribution in [0.4, 0.5) is 5.69 Å². The quantitative estimate of drug-likeness (QED) is 0.805. The normalized spacial score (nSPS) is 25.4. The Kier molecular flexibility index (Phi) is 2.23. The fourth-order valence-electron chi connectivity index (χ4n) is 2.59. The molecule has 92 valence electrons. The van der Waals surface area contributed by atoms with E-state index in [0.29, 0.717) is 6.79 Å². The number of hydrogen-bond acceptors (Lipinski definition) is 4. The van der Waals surface area contributed by atoms with Gasteiger partial charge in [-0.3, -0.25) is 0 Å². The summed E-state index contributed by atoms with van der Waals surface area (Å²) < 4.78 is 10.7. The highest BCUT2D eigenvalue weighted by Crippen LogP contribution is 2.40. The van der Waals surface area contributed by atoms with E-state index in [1.165, 1.54) is 0 Å². The van der Waals surface area contributed by atoms with E-state index in [1.54, 1.807) is 0 Å². The van der Waals surface area contributed by atoms with Gasteiger partial charge in [0.2, 0.25) is 6.79 Å². The molecule has 4 nitrogen and oxygen atoms in total. The lowest BCUT2D eigenvalue weighted by molar-refractivity contribution is 0.127. The summed E-state index contributed by atoms with van der Waals surface area (Å²) >= 11 is 0. The van der Waals surface area contributed by atoms with E-state index in [1.807, 2.05) is 18.2 Å². The fraction of sp³-hybridized carbons (Fsp3) is 0.538. The average Bonchev–Trinajstić information content (AvgIpc) is 2.84. The molecule has 0 amide bonds. The van der Waals surface area contributed by atoms with Crippen molar-refractivity contribution in [1.29, 1.82) is 0 Å². The fourth-order valence-corrected chi connectivity index (χ4v) is 2.59. The van der Waals surface area contributed by atoms with Gasteiger partial charge in [-0.25, -0.2) is 0 Å². The lowest BCUT2D eigenvalue weighted by Crippen LogP contribution is -2.45. The number of nitrogens with zero attached hydrogens (tertiary/aromatic N) is 1. The smallest absolute Gasteiger partial charge is 0.231 e. The maximum Gasteiger partial charge on any atom is 0.231 e. The zero-order chi connectivity index (χ0) is 12.0. The van der Waals surface area contributed by atoms with Crippen LogP contribution >= 0.6 is 0 Å². The third kappa shape index (κ3) is 1.55. The average molecular weight is 235 g/mol. The first-order valence-electron chi connectivity index (χ1n) is 5.94. The Hall–Kier alpha value is -1.42. The van der Waals surface area contributed by atoms with E-state index in [9.17, 15) is 5.11 Å². The van der Waals surface area contributed by atoms with Crippen molar-refractivity contribution in [2.75, 3.05) is 18.2 Å². The van der Waals surface area contributed by atoms with Gasteiger partial charge >= 0.3 is 0 Å². The number of fused-ring (bicyclic) bond motifs is 1. The molecule has 1 unspecified atom stereocenters. The number of hydrogen-bond donors (Lipinski definition) is 1. The SMILES string of the molecule is CC1(C)C(O)CCN1c1ccc2c(c1)OCO2. The van der Waals surface area contributed by atoms with Crippen LogP contribution in [0.5, 0.6) is 11.5 Å². The highest BCUT2D eigenvalue weighted by atomic mass is 16.7. The van der Waals surface area contributed by atoms with Crippen LogP contribution in [-0.2, 0) is 0 Å². The molecule has 0 aromatic heterocycles. The summed E-state index contributed by atoms with van der Waals surface area (Å²) in [7, 11) is 0. The van der Waals surface area contributed by atoms with Crippen molar-refractivity contribution < 1.29 is 14.6 Å². The zero-order valence-corrected chi connectivity index (χ0v) is 10.1. The predicted octanol–water partition coefficient (Wildman–Crippen LogP) is 1.76. The molecule has 0 bridgehead atoms. The molecule has 1 fully saturated rings. The van der Waals surface area contributed by atoms with Gasteiger partial charge in [0, 0.05) is 18.3 Å². The van der Waals surface area contributed by atoms with E-state index in [4.69, 9.17) is 9.47 Å². The van der Waals surface area contributed by atoms with Crippen LogP contribution in [0.25, 0.3) is 0 Å². The Bertz CT molecular complexity index is 444. The number of rotatable bonds is 1. The second-order valence-corrected chi connectivity index (χ2v) is 5.15. The van der Waals surface area contributed by atoms with Crippen molar-refractivity contribution in [2.45, 2.75) is 31.9 Å². The van der Waals surface area contributed by atoms with E-state index in [2.05, 4.69) is 18.7 Å². The molecule has 2 aliphatic rings. The van der Waals surface area contributed by atoms with Crippen LogP contribution in [0.1, 0.15) is 20.3 Å². The lowest BCUT2D eigenvalue weighted by Gasteiger charge is -2.35. The van der Waals surface area contributed by atoms with E-state index < -0.39 is 0 Å². The topological polar surface area (TPSA) is 41.9 Å². The Morgan fingerprint density at radius 2 is 2.06 bits per heavy atom. The molecule has 1 N–H and O–H groups in total. The Balaban J connectivity index is 1.95. The predicted molar refractivity (Wildman–Crippen MR) is 64.6 cm³/mol. The van der Waals surface area contributed by atoms with Crippen molar-refractivity contribution in [3.8, 4) is 11.5 Å². The van der Waals surface area contributed by atoms with Gasteiger partial charge in [-0.05, 0) is 32.4 Å². The van der Waals surface area contributed by atoms with Gasteiger partial charge in [0.1, 0.15) is 0 Å². The Morgan fingerprint density at radius 1 is 1.29 bits per heavy atom. The van der Waals surface area contributed by atoms with Crippen LogP contribution in [0.3, 0.4) is 0 Å². The van der Waals surface area contributed by atoms with Gasteiger partial charge in [0.15, 0.2) is 11.5 Å². The third-order valence-corrected chi connectivity index (χ3v) is 3.81. The number of ether oxygens (including phenoxy) is 2. The van der Waals surface area contributed by atoms with E-state index in [0.717, 1.165) is 30.2 Å². The monoisotopic (exact) mass is 235 g/mol. The number of aliphatic hydroxyl groups is 1. The first-order chi connectivity index (χ1) is 8.09. The van der Waals surface area contributed by atoms with Gasteiger partial charge in [-0.15, -0.1) is 0 Å². The second-order valence-electron chi connectivity index (χ2n) is 5.15. The molecule has 0 saturated carbocycles. The zero-order valence-electron chi connectivity index (χ0n) is 10.1. The third-order valence-electron chi connectivity index (χ3n) is 3.81. The van der Waals surface area contributed by atoms with E-state index in [-0.39, 0.29) is 11.6 Å². The van der Waals surface area contributed by atoms with Gasteiger partial charge in [0.25, 0.3) is 0 Å². The highest BCUT2D eigenvalue weighted by molar-refractivity contribution is 5.59. The molecule has 2 aliphatic heterocycles. The second kappa shape index (κ2) is 3.53. The Morgan fingerprint density at radius 3 is 2.76 bits per heavy atom. The minimum absolute atomic E-state index is 0.228. The molecule has 1 saturated heterocycles. The van der Waals surface area contributed by atoms with Crippen molar-refractivity contribution in [3.05, 3.63) is 18.2 Å². The summed E-state index contributed by atoms with van der Waals surface area (Å²) in [4.78, 5) is 2.22. The molecule has 1 aromatic rings. The summed E-state index contributed by atoms with van der Waals surface area (Å²) in [5, 5.41) is 9.98. The molecule has 2 heterocycles. The van der Waals surface area contributed by atoms with Crippen LogP contribution in [0, 0.1) is 0 Å². The molecule has 17 heavy (non-hydrogen) atoms. The van der Waals surface area contributed by atoms with Crippen LogP contribution in [-0.4, -0.2) is 30.1 Å². The first kappa shape index (κ1) is 10.7. The molecule has 3 rings (SSSR count). The van der Waals surface area contributed by atoms with Gasteiger partial charge in [0.05, 0.1) is 11.6 Å². The van der Waals surface area contributed by atoms with Crippen molar-refractivity contribution in [2.24, 2.45) is 0 Å². The summed E-state index contributed by atoms with van der Waals surface area (Å²) in [5.74, 6) is 1.59. The highest BCUT2D eigenvalue weighted by Gasteiger charge is 2.40. The first-order valence-corrected chi connectivity index (χ1v) is 5.94. The standard InChI is InChI=1S/C13H17NO3/c1-13(2)12(15)5-6-14(13)9-3-4-10-11(7-9)17-8-16-10/h3-4,7,12,15H,5-6,8H2,1-2H3. The molecular formula is C13H17NO3. The summed E-state index contributed by atoms with van der Waals surface area (Å²) in [6.45, 7) is 5.29. The summed E-state index contributed by atoms with van der Waals surface area (Å²) in [6, 6.07) is 5.94. The molecular weight excluding hydrogens is 218 g/mol. The molecule has 1 aromatic carbocycles. The molecule has 0 radical (unpaired) electrons. The van der Waals surface area contributed by atoms with Crippen LogP contribution in [0.2, 0.25) is 0 Å². The minimum Gasteiger partial charge on any atom is -0.454 e. The molecule has 0 spiro atoms. The molecule has 0 aliphatic carbocycles. The van der Waals surface area contributed by atoms with Crippen LogP contribution in [0.15, 0.2) is 18.2 Å². The van der Waals surface area contributed by atoms with Gasteiger partial charge in [-0.1, -0.05) is 0 Å². The minimum atomic E-state index is -0.284. The number of benzene rings is 1. The van der Waals surface area contributed by atoms with Crippen molar-refractivity contribution in [1.82, 2.24) is 0 Å². The summed E-state index contributed by atoms with van der Waals surface area (Å²) in [6.07, 6.45) is 0.523. The molecule has 1 atom stereocenters. The molecule has 4 heteroatoms. The van der Waals surface area contributed by atoms with E-state index >= 15 is 0 Å². The largest absolute Gasteiger partial charge is 0.454 e. The Labute approximate surface area is 101 Å². The van der Waals surface area contributed by atoms with Gasteiger partial charge < -0.3 is 19.5 Å². The summed E-state index contributed by atoms with van der Waals surface area (Å²) in [5.41, 5.74) is 0.851. The van der Waals surface area contributed by atoms with Crippen LogP contribution < -0.4 is 14.4 Å². The van der Waals surface area contributed by atoms with Crippen molar-refractivity contribution in [3.63, 3.8) is 0 Å². The number of aliphatic hydroxyl groups excluding tert-OH is 1. The maximum atomic E-state index is 9.98. The number of anilines is 1. The maximum absolute atomic E-state index is 9.98. The lowest BCUT2D eigenvalue weighted by atomic mass is 9.98. The van der Waals surface area contributed by atoms with Crippen molar-refractivity contribution >= 4 is 5.69 Å². The van der Waals surface area contributed by atoms with Gasteiger partial charge in [-0.2, -0.15) is 0 Å².